The molecule has 3 aromatic rings. The van der Waals surface area contributed by atoms with Crippen LogP contribution in [0, 0.1) is 0 Å². The number of hydrazine groups is 1. The Kier molecular flexibility index (Phi) is 8.67. The Hall–Kier alpha value is -4.57. The first-order chi connectivity index (χ1) is 21.8. The quantitative estimate of drug-likeness (QED) is 0.337. The van der Waals surface area contributed by atoms with E-state index in [1.807, 2.05) is 24.3 Å². The molecule has 1 amide bonds. The number of amides is 1. The van der Waals surface area contributed by atoms with E-state index in [2.05, 4.69) is 89.1 Å². The molecule has 3 heterocycles. The van der Waals surface area contributed by atoms with E-state index in [1.165, 1.54) is 0 Å². The van der Waals surface area contributed by atoms with Crippen molar-refractivity contribution in [1.29, 1.82) is 0 Å². The van der Waals surface area contributed by atoms with Gasteiger partial charge in [0.25, 0.3) is 5.91 Å². The van der Waals surface area contributed by atoms with E-state index in [1.54, 1.807) is 13.3 Å². The number of aryl methyl sites for hydroxylation is 2. The number of para-hydroxylation sites is 1. The zero-order valence-electron chi connectivity index (χ0n) is 27.2. The van der Waals surface area contributed by atoms with Gasteiger partial charge < -0.3 is 30.6 Å². The second-order valence-corrected chi connectivity index (χ2v) is 12.1. The van der Waals surface area contributed by atoms with Crippen molar-refractivity contribution >= 4 is 40.2 Å². The van der Waals surface area contributed by atoms with Gasteiger partial charge in [0.05, 0.1) is 18.5 Å². The number of fused-ring (bicyclic) bond motifs is 2. The van der Waals surface area contributed by atoms with Gasteiger partial charge in [0.1, 0.15) is 11.1 Å². The number of rotatable bonds is 9. The predicted molar refractivity (Wildman–Crippen MR) is 181 cm³/mol. The minimum Gasteiger partial charge on any atom is -0.494 e. The number of benzene rings is 2. The Morgan fingerprint density at radius 1 is 1.11 bits per heavy atom. The van der Waals surface area contributed by atoms with Gasteiger partial charge in [-0.05, 0) is 63.0 Å². The minimum absolute atomic E-state index is 0.127. The predicted octanol–water partition coefficient (Wildman–Crippen LogP) is 3.52. The number of hydrogen-bond acceptors (Lipinski definition) is 9. The monoisotopic (exact) mass is 608 g/mol. The van der Waals surface area contributed by atoms with Crippen molar-refractivity contribution in [1.82, 2.24) is 25.3 Å². The van der Waals surface area contributed by atoms with Crippen LogP contribution in [-0.4, -0.2) is 73.2 Å². The van der Waals surface area contributed by atoms with Crippen LogP contribution in [0.15, 0.2) is 54.4 Å². The smallest absolute Gasteiger partial charge is 0.252 e. The Labute approximate surface area is 265 Å². The number of carbonyl (C=O) groups is 1. The summed E-state index contributed by atoms with van der Waals surface area (Å²) in [6, 6.07) is 13.1. The van der Waals surface area contributed by atoms with Gasteiger partial charge in [-0.2, -0.15) is 0 Å². The topological polar surface area (TPSA) is 97.9 Å². The zero-order valence-corrected chi connectivity index (χ0v) is 27.2. The standard InChI is InChI=1S/C35H44N8O2/c1-7-22-10-9-11-23(8-2)31(22)39-34(44)27-18-24-20-37-42(5)33(24)32-28(27)21-36-35(40-32)38-29-13-12-26(19-30(29)45-6)43-16-14-25(15-17-43)41(3)4/h9-13,19-21,25,37H,7-8,14-18H2,1-6H3,(H,38,40)(H,39,44). The molecule has 3 aliphatic rings. The van der Waals surface area contributed by atoms with Gasteiger partial charge in [-0.15, -0.1) is 0 Å². The fourth-order valence-corrected chi connectivity index (χ4v) is 6.63. The number of carbonyl (C=O) groups excluding carboxylic acids is 1. The van der Waals surface area contributed by atoms with Crippen molar-refractivity contribution in [3.8, 4) is 5.75 Å². The average molecular weight is 609 g/mol. The van der Waals surface area contributed by atoms with Crippen LogP contribution in [0.4, 0.5) is 23.0 Å². The third-order valence-electron chi connectivity index (χ3n) is 9.28. The van der Waals surface area contributed by atoms with E-state index < -0.39 is 0 Å². The van der Waals surface area contributed by atoms with E-state index in [-0.39, 0.29) is 5.91 Å². The first kappa shape index (κ1) is 30.5. The Morgan fingerprint density at radius 2 is 1.84 bits per heavy atom. The number of aromatic nitrogens is 2. The molecule has 0 spiro atoms. The molecule has 0 radical (unpaired) electrons. The maximum Gasteiger partial charge on any atom is 0.252 e. The molecule has 10 heteroatoms. The summed E-state index contributed by atoms with van der Waals surface area (Å²) in [6.45, 7) is 6.25. The maximum atomic E-state index is 13.9. The van der Waals surface area contributed by atoms with Crippen molar-refractivity contribution in [3.63, 3.8) is 0 Å². The van der Waals surface area contributed by atoms with Gasteiger partial charge in [-0.3, -0.25) is 9.80 Å². The molecule has 1 saturated heterocycles. The second-order valence-electron chi connectivity index (χ2n) is 12.1. The molecular formula is C35H44N8O2. The highest BCUT2D eigenvalue weighted by Crippen LogP contribution is 2.33. The number of piperidine rings is 1. The van der Waals surface area contributed by atoms with E-state index in [9.17, 15) is 4.79 Å². The van der Waals surface area contributed by atoms with E-state index >= 15 is 0 Å². The summed E-state index contributed by atoms with van der Waals surface area (Å²) in [6.07, 6.45) is 8.14. The second kappa shape index (κ2) is 12.8. The number of likely N-dealkylation sites (N-methyl/N-ethyl adjacent to an activating group) is 1. The molecule has 1 aliphatic carbocycles. The summed E-state index contributed by atoms with van der Waals surface area (Å²) in [5, 5.41) is 10.0. The summed E-state index contributed by atoms with van der Waals surface area (Å²) < 4.78 is 5.81. The van der Waals surface area contributed by atoms with Crippen molar-refractivity contribution in [2.75, 3.05) is 56.9 Å². The summed E-state index contributed by atoms with van der Waals surface area (Å²) >= 11 is 0. The Balaban J connectivity index is 1.32. The highest BCUT2D eigenvalue weighted by atomic mass is 16.5. The number of ether oxygens (including phenoxy) is 1. The Morgan fingerprint density at radius 3 is 2.51 bits per heavy atom. The summed E-state index contributed by atoms with van der Waals surface area (Å²) in [5.41, 5.74) is 11.0. The van der Waals surface area contributed by atoms with Crippen LogP contribution >= 0.6 is 0 Å². The van der Waals surface area contributed by atoms with Gasteiger partial charge in [0.15, 0.2) is 0 Å². The van der Waals surface area contributed by atoms with Crippen molar-refractivity contribution in [2.24, 2.45) is 0 Å². The van der Waals surface area contributed by atoms with Gasteiger partial charge in [0.2, 0.25) is 5.95 Å². The van der Waals surface area contributed by atoms with Crippen LogP contribution < -0.4 is 36.3 Å². The first-order valence-corrected chi connectivity index (χ1v) is 15.9. The van der Waals surface area contributed by atoms with Crippen LogP contribution in [0.3, 0.4) is 0 Å². The van der Waals surface area contributed by atoms with Crippen LogP contribution in [-0.2, 0) is 17.6 Å². The number of methoxy groups -OCH3 is 1. The van der Waals surface area contributed by atoms with E-state index in [4.69, 9.17) is 9.72 Å². The fourth-order valence-electron chi connectivity index (χ4n) is 6.63. The molecule has 2 aromatic carbocycles. The lowest BCUT2D eigenvalue weighted by Gasteiger charge is -2.36. The molecule has 45 heavy (non-hydrogen) atoms. The number of nitrogens with zero attached hydrogens (tertiary/aromatic N) is 5. The molecule has 0 unspecified atom stereocenters. The molecule has 2 aliphatic heterocycles. The fraction of sp³-hybridized carbons (Fsp3) is 0.400. The number of hydrogen-bond donors (Lipinski definition) is 3. The molecular weight excluding hydrogens is 564 g/mol. The summed E-state index contributed by atoms with van der Waals surface area (Å²) in [4.78, 5) is 28.3. The van der Waals surface area contributed by atoms with E-state index in [0.29, 0.717) is 29.3 Å². The lowest BCUT2D eigenvalue weighted by Crippen LogP contribution is -2.43. The van der Waals surface area contributed by atoms with Crippen molar-refractivity contribution in [2.45, 2.75) is 52.0 Å². The van der Waals surface area contributed by atoms with Crippen molar-refractivity contribution in [3.05, 3.63) is 76.1 Å². The zero-order chi connectivity index (χ0) is 31.7. The molecule has 10 nitrogen and oxygen atoms in total. The van der Waals surface area contributed by atoms with Crippen LogP contribution in [0.2, 0.25) is 0 Å². The molecule has 3 N–H and O–H groups in total. The maximum absolute atomic E-state index is 13.9. The highest BCUT2D eigenvalue weighted by Gasteiger charge is 2.28. The minimum atomic E-state index is -0.127. The largest absolute Gasteiger partial charge is 0.494 e. The third kappa shape index (κ3) is 5.94. The van der Waals surface area contributed by atoms with Crippen LogP contribution in [0.1, 0.15) is 44.2 Å². The summed E-state index contributed by atoms with van der Waals surface area (Å²) in [5.74, 6) is 1.03. The SMILES string of the molecule is CCc1cccc(CC)c1NC(=O)C1=c2cnc(Nc3ccc(N4CCC(N(C)C)CC4)cc3OC)nc2=C2C(=CNN2C)C1. The number of anilines is 4. The lowest BCUT2D eigenvalue weighted by atomic mass is 9.95. The van der Waals surface area contributed by atoms with Gasteiger partial charge in [-0.25, -0.2) is 9.97 Å². The van der Waals surface area contributed by atoms with Gasteiger partial charge >= 0.3 is 0 Å². The summed E-state index contributed by atoms with van der Waals surface area (Å²) in [7, 11) is 7.96. The molecule has 236 valence electrons. The average Bonchev–Trinajstić information content (AvgIpc) is 3.44. The van der Waals surface area contributed by atoms with Crippen LogP contribution in [0.5, 0.6) is 5.75 Å². The van der Waals surface area contributed by atoms with Gasteiger partial charge in [-0.1, -0.05) is 32.0 Å². The molecule has 0 bridgehead atoms. The third-order valence-corrected chi connectivity index (χ3v) is 9.28. The van der Waals surface area contributed by atoms with Gasteiger partial charge in [0, 0.05) is 78.8 Å². The molecule has 0 saturated carbocycles. The lowest BCUT2D eigenvalue weighted by molar-refractivity contribution is -0.111. The normalized spacial score (nSPS) is 16.3. The van der Waals surface area contributed by atoms with E-state index in [0.717, 1.165) is 89.2 Å². The van der Waals surface area contributed by atoms with Crippen molar-refractivity contribution < 1.29 is 9.53 Å². The Bertz CT molecular complexity index is 1740. The molecule has 1 aromatic heterocycles. The molecule has 6 rings (SSSR count). The molecule has 0 atom stereocenters. The molecule has 1 fully saturated rings. The first-order valence-electron chi connectivity index (χ1n) is 15.9. The van der Waals surface area contributed by atoms with Crippen LogP contribution in [0.25, 0.3) is 11.3 Å². The number of nitrogens with one attached hydrogen (secondary N) is 3. The highest BCUT2D eigenvalue weighted by molar-refractivity contribution is 6.21.